The van der Waals surface area contributed by atoms with Crippen LogP contribution in [0.15, 0.2) is 30.6 Å². The number of nitriles is 1. The molecular weight excluding hydrogens is 452 g/mol. The molecule has 0 bridgehead atoms. The third-order valence-corrected chi connectivity index (χ3v) is 8.33. The SMILES string of the molecule is C[C@@H]1COCCN1c1cc(C2(C#N)CCC(OC3CCCC3)CC2)c2ccnc(-c3ccn[nH]3)c2n1. The normalized spacial score (nSPS) is 27.4. The van der Waals surface area contributed by atoms with Gasteiger partial charge in [-0.3, -0.25) is 10.1 Å². The third-order valence-electron chi connectivity index (χ3n) is 8.33. The number of aromatic amines is 1. The highest BCUT2D eigenvalue weighted by Gasteiger charge is 2.40. The van der Waals surface area contributed by atoms with Crippen LogP contribution < -0.4 is 4.90 Å². The third kappa shape index (κ3) is 4.25. The quantitative estimate of drug-likeness (QED) is 0.547. The molecule has 3 fully saturated rings. The van der Waals surface area contributed by atoms with Crippen LogP contribution in [0.5, 0.6) is 0 Å². The number of nitrogens with zero attached hydrogens (tertiary/aromatic N) is 5. The van der Waals surface area contributed by atoms with Gasteiger partial charge in [0.25, 0.3) is 0 Å². The molecular formula is C28H34N6O2. The summed E-state index contributed by atoms with van der Waals surface area (Å²) in [6.07, 6.45) is 12.5. The Morgan fingerprint density at radius 2 is 1.94 bits per heavy atom. The van der Waals surface area contributed by atoms with Crippen molar-refractivity contribution in [3.63, 3.8) is 0 Å². The van der Waals surface area contributed by atoms with Gasteiger partial charge in [-0.1, -0.05) is 12.8 Å². The van der Waals surface area contributed by atoms with Crippen LogP contribution in [-0.2, 0) is 14.9 Å². The summed E-state index contributed by atoms with van der Waals surface area (Å²) < 4.78 is 12.1. The highest BCUT2D eigenvalue weighted by atomic mass is 16.5. The van der Waals surface area contributed by atoms with E-state index in [4.69, 9.17) is 14.5 Å². The number of nitrogens with one attached hydrogen (secondary N) is 1. The standard InChI is InChI=1S/C28H34N6O2/c1-19-17-35-15-14-34(19)25-16-23(22-8-12-30-27(26(22)32-25)24-9-13-31-33-24)28(18-29)10-6-21(7-11-28)36-20-4-2-3-5-20/h8-9,12-13,16,19-21H,2-7,10-11,14-15,17H2,1H3,(H,31,33)/t19-,21?,28?/m1/s1. The first-order valence-corrected chi connectivity index (χ1v) is 13.4. The molecule has 2 aliphatic carbocycles. The van der Waals surface area contributed by atoms with E-state index in [1.54, 1.807) is 6.20 Å². The van der Waals surface area contributed by atoms with Crippen LogP contribution in [0.2, 0.25) is 0 Å². The van der Waals surface area contributed by atoms with Crippen molar-refractivity contribution in [1.29, 1.82) is 5.26 Å². The van der Waals surface area contributed by atoms with Crippen molar-refractivity contribution >= 4 is 16.7 Å². The number of rotatable bonds is 5. The number of hydrogen-bond donors (Lipinski definition) is 1. The van der Waals surface area contributed by atoms with E-state index in [-0.39, 0.29) is 12.1 Å². The first-order chi connectivity index (χ1) is 17.7. The highest BCUT2D eigenvalue weighted by molar-refractivity contribution is 5.94. The van der Waals surface area contributed by atoms with Crippen molar-refractivity contribution < 1.29 is 9.47 Å². The lowest BCUT2D eigenvalue weighted by Crippen LogP contribution is -2.44. The van der Waals surface area contributed by atoms with Crippen molar-refractivity contribution in [3.05, 3.63) is 36.2 Å². The Balaban J connectivity index is 1.42. The number of fused-ring (bicyclic) bond motifs is 1. The molecule has 1 saturated heterocycles. The molecule has 6 rings (SSSR count). The fourth-order valence-electron chi connectivity index (χ4n) is 6.29. The van der Waals surface area contributed by atoms with Gasteiger partial charge in [0.1, 0.15) is 17.0 Å². The summed E-state index contributed by atoms with van der Waals surface area (Å²) in [5, 5.41) is 18.8. The van der Waals surface area contributed by atoms with Gasteiger partial charge in [0.15, 0.2) is 0 Å². The van der Waals surface area contributed by atoms with Crippen LogP contribution in [0.25, 0.3) is 22.3 Å². The van der Waals surface area contributed by atoms with E-state index in [2.05, 4.69) is 39.1 Å². The number of H-pyrrole nitrogens is 1. The Kier molecular flexibility index (Phi) is 6.36. The molecule has 8 nitrogen and oxygen atoms in total. The molecule has 0 amide bonds. The summed E-state index contributed by atoms with van der Waals surface area (Å²) in [7, 11) is 0. The molecule has 0 radical (unpaired) electrons. The maximum atomic E-state index is 10.7. The fraction of sp³-hybridized carbons (Fsp3) is 0.571. The average Bonchev–Trinajstić information content (AvgIpc) is 3.64. The second-order valence-corrected chi connectivity index (χ2v) is 10.6. The zero-order chi connectivity index (χ0) is 24.5. The number of morpholine rings is 1. The van der Waals surface area contributed by atoms with Gasteiger partial charge in [0.05, 0.1) is 48.6 Å². The summed E-state index contributed by atoms with van der Waals surface area (Å²) in [4.78, 5) is 12.1. The molecule has 8 heteroatoms. The summed E-state index contributed by atoms with van der Waals surface area (Å²) >= 11 is 0. The summed E-state index contributed by atoms with van der Waals surface area (Å²) in [5.41, 5.74) is 2.89. The summed E-state index contributed by atoms with van der Waals surface area (Å²) in [6.45, 7) is 4.27. The van der Waals surface area contributed by atoms with Crippen molar-refractivity contribution in [1.82, 2.24) is 20.2 Å². The van der Waals surface area contributed by atoms with Crippen LogP contribution in [-0.4, -0.2) is 58.2 Å². The van der Waals surface area contributed by atoms with E-state index in [0.29, 0.717) is 19.3 Å². The lowest BCUT2D eigenvalue weighted by atomic mass is 9.69. The predicted octanol–water partition coefficient (Wildman–Crippen LogP) is 4.91. The van der Waals surface area contributed by atoms with Crippen molar-refractivity contribution in [3.8, 4) is 17.5 Å². The first-order valence-electron chi connectivity index (χ1n) is 13.4. The van der Waals surface area contributed by atoms with E-state index in [9.17, 15) is 5.26 Å². The number of anilines is 1. The minimum Gasteiger partial charge on any atom is -0.377 e. The minimum absolute atomic E-state index is 0.206. The number of ether oxygens (including phenoxy) is 2. The monoisotopic (exact) mass is 486 g/mol. The molecule has 188 valence electrons. The van der Waals surface area contributed by atoms with Crippen molar-refractivity contribution in [2.75, 3.05) is 24.7 Å². The minimum atomic E-state index is -0.576. The van der Waals surface area contributed by atoms with Crippen LogP contribution in [0.4, 0.5) is 5.82 Å². The average molecular weight is 487 g/mol. The van der Waals surface area contributed by atoms with Crippen LogP contribution in [0.3, 0.4) is 0 Å². The van der Waals surface area contributed by atoms with E-state index < -0.39 is 5.41 Å². The fourth-order valence-corrected chi connectivity index (χ4v) is 6.29. The number of pyridine rings is 2. The van der Waals surface area contributed by atoms with Gasteiger partial charge < -0.3 is 14.4 Å². The molecule has 4 heterocycles. The predicted molar refractivity (Wildman–Crippen MR) is 138 cm³/mol. The van der Waals surface area contributed by atoms with Gasteiger partial charge in [-0.25, -0.2) is 4.98 Å². The highest BCUT2D eigenvalue weighted by Crippen LogP contribution is 2.45. The second-order valence-electron chi connectivity index (χ2n) is 10.6. The van der Waals surface area contributed by atoms with Gasteiger partial charge in [0, 0.05) is 24.3 Å². The Morgan fingerprint density at radius 1 is 1.14 bits per heavy atom. The largest absolute Gasteiger partial charge is 0.377 e. The lowest BCUT2D eigenvalue weighted by Gasteiger charge is -2.38. The molecule has 3 aromatic rings. The molecule has 1 aliphatic heterocycles. The Hall–Kier alpha value is -3.02. The lowest BCUT2D eigenvalue weighted by molar-refractivity contribution is -0.0325. The zero-order valence-corrected chi connectivity index (χ0v) is 20.9. The van der Waals surface area contributed by atoms with Gasteiger partial charge >= 0.3 is 0 Å². The smallest absolute Gasteiger partial charge is 0.130 e. The van der Waals surface area contributed by atoms with E-state index >= 15 is 0 Å². The Morgan fingerprint density at radius 3 is 2.67 bits per heavy atom. The van der Waals surface area contributed by atoms with E-state index in [0.717, 1.165) is 65.9 Å². The molecule has 1 N–H and O–H groups in total. The summed E-state index contributed by atoms with van der Waals surface area (Å²) in [6, 6.07) is 9.08. The number of aromatic nitrogens is 4. The summed E-state index contributed by atoms with van der Waals surface area (Å²) in [5.74, 6) is 0.890. The van der Waals surface area contributed by atoms with Crippen molar-refractivity contribution in [2.45, 2.75) is 82.0 Å². The van der Waals surface area contributed by atoms with Crippen LogP contribution in [0, 0.1) is 11.3 Å². The Labute approximate surface area is 212 Å². The van der Waals surface area contributed by atoms with Gasteiger partial charge in [-0.05, 0) is 69.2 Å². The topological polar surface area (TPSA) is 100.0 Å². The van der Waals surface area contributed by atoms with Crippen LogP contribution >= 0.6 is 0 Å². The van der Waals surface area contributed by atoms with E-state index in [1.165, 1.54) is 25.7 Å². The Bertz CT molecular complexity index is 1240. The van der Waals surface area contributed by atoms with Gasteiger partial charge in [-0.15, -0.1) is 0 Å². The molecule has 1 atom stereocenters. The molecule has 3 aromatic heterocycles. The maximum absolute atomic E-state index is 10.7. The molecule has 2 saturated carbocycles. The molecule has 0 spiro atoms. The van der Waals surface area contributed by atoms with Crippen molar-refractivity contribution in [2.24, 2.45) is 0 Å². The van der Waals surface area contributed by atoms with Gasteiger partial charge in [0.2, 0.25) is 0 Å². The van der Waals surface area contributed by atoms with Gasteiger partial charge in [-0.2, -0.15) is 10.4 Å². The maximum Gasteiger partial charge on any atom is 0.130 e. The first kappa shape index (κ1) is 23.4. The molecule has 36 heavy (non-hydrogen) atoms. The zero-order valence-electron chi connectivity index (χ0n) is 20.9. The molecule has 0 unspecified atom stereocenters. The number of hydrogen-bond acceptors (Lipinski definition) is 7. The second kappa shape index (κ2) is 9.79. The molecule has 0 aromatic carbocycles. The molecule has 3 aliphatic rings. The van der Waals surface area contributed by atoms with E-state index in [1.807, 2.05) is 18.3 Å². The van der Waals surface area contributed by atoms with Crippen LogP contribution in [0.1, 0.15) is 63.9 Å².